The molecule has 2 amide bonds. The lowest BCUT2D eigenvalue weighted by atomic mass is 10.1. The molecular formula is C26H24ClN3O7. The highest BCUT2D eigenvalue weighted by atomic mass is 35.5. The number of carbonyl (C=O) groups excluding carboxylic acids is 3. The Morgan fingerprint density at radius 3 is 2.14 bits per heavy atom. The second kappa shape index (κ2) is 12.9. The SMILES string of the molecule is COc1cc(C(=O)NCC(=O)NN=Cc2ccccc2OC(=O)c2ccc(Cl)cc2)cc(OC)c1OC. The summed E-state index contributed by atoms with van der Waals surface area (Å²) in [6.07, 6.45) is 1.32. The summed E-state index contributed by atoms with van der Waals surface area (Å²) in [6.45, 7) is -0.347. The second-order valence-electron chi connectivity index (χ2n) is 7.32. The molecule has 0 unspecified atom stereocenters. The van der Waals surface area contributed by atoms with Gasteiger partial charge in [-0.25, -0.2) is 10.2 Å². The molecule has 0 saturated heterocycles. The highest BCUT2D eigenvalue weighted by molar-refractivity contribution is 6.30. The first-order chi connectivity index (χ1) is 17.9. The Morgan fingerprint density at radius 2 is 1.51 bits per heavy atom. The van der Waals surface area contributed by atoms with Gasteiger partial charge in [0.2, 0.25) is 5.75 Å². The van der Waals surface area contributed by atoms with Crippen LogP contribution in [0.25, 0.3) is 0 Å². The molecule has 37 heavy (non-hydrogen) atoms. The standard InChI is InChI=1S/C26H24ClN3O7/c1-34-21-12-18(13-22(35-2)24(21)36-3)25(32)28-15-23(31)30-29-14-17-6-4-5-7-20(17)37-26(33)16-8-10-19(27)11-9-16/h4-14H,15H2,1-3H3,(H,28,32)(H,30,31). The molecule has 0 bridgehead atoms. The van der Waals surface area contributed by atoms with E-state index in [4.69, 9.17) is 30.5 Å². The third-order valence-corrected chi connectivity index (χ3v) is 5.18. The Labute approximate surface area is 218 Å². The van der Waals surface area contributed by atoms with E-state index in [1.807, 2.05) is 0 Å². The van der Waals surface area contributed by atoms with Crippen LogP contribution in [0.1, 0.15) is 26.3 Å². The number of amides is 2. The van der Waals surface area contributed by atoms with E-state index >= 15 is 0 Å². The molecule has 0 aliphatic rings. The van der Waals surface area contributed by atoms with Crippen molar-refractivity contribution in [1.82, 2.24) is 10.7 Å². The van der Waals surface area contributed by atoms with E-state index < -0.39 is 17.8 Å². The van der Waals surface area contributed by atoms with Gasteiger partial charge in [0, 0.05) is 16.1 Å². The van der Waals surface area contributed by atoms with Crippen molar-refractivity contribution in [2.45, 2.75) is 0 Å². The van der Waals surface area contributed by atoms with E-state index in [2.05, 4.69) is 15.8 Å². The van der Waals surface area contributed by atoms with Crippen molar-refractivity contribution in [2.24, 2.45) is 5.10 Å². The smallest absolute Gasteiger partial charge is 0.343 e. The summed E-state index contributed by atoms with van der Waals surface area (Å²) in [7, 11) is 4.31. The van der Waals surface area contributed by atoms with Crippen LogP contribution in [-0.2, 0) is 4.79 Å². The zero-order chi connectivity index (χ0) is 26.8. The highest BCUT2D eigenvalue weighted by Crippen LogP contribution is 2.38. The zero-order valence-corrected chi connectivity index (χ0v) is 21.0. The Hall–Kier alpha value is -4.57. The number of methoxy groups -OCH3 is 3. The van der Waals surface area contributed by atoms with Gasteiger partial charge >= 0.3 is 5.97 Å². The Balaban J connectivity index is 1.58. The van der Waals surface area contributed by atoms with Crippen LogP contribution in [0, 0.1) is 0 Å². The number of hydrogen-bond donors (Lipinski definition) is 2. The maximum atomic E-state index is 12.5. The molecule has 11 heteroatoms. The molecule has 0 fully saturated rings. The largest absolute Gasteiger partial charge is 0.493 e. The molecule has 0 spiro atoms. The zero-order valence-electron chi connectivity index (χ0n) is 20.2. The van der Waals surface area contributed by atoms with Gasteiger partial charge in [-0.2, -0.15) is 5.10 Å². The highest BCUT2D eigenvalue weighted by Gasteiger charge is 2.17. The van der Waals surface area contributed by atoms with Crippen LogP contribution in [0.5, 0.6) is 23.0 Å². The van der Waals surface area contributed by atoms with Crippen molar-refractivity contribution < 1.29 is 33.3 Å². The third kappa shape index (κ3) is 7.21. The first-order valence-electron chi connectivity index (χ1n) is 10.8. The summed E-state index contributed by atoms with van der Waals surface area (Å²) in [5, 5.41) is 6.87. The maximum absolute atomic E-state index is 12.5. The van der Waals surface area contributed by atoms with Crippen molar-refractivity contribution in [3.05, 3.63) is 82.4 Å². The van der Waals surface area contributed by atoms with Gasteiger partial charge in [-0.15, -0.1) is 0 Å². The number of halogens is 1. The fourth-order valence-corrected chi connectivity index (χ4v) is 3.24. The average molecular weight is 526 g/mol. The first-order valence-corrected chi connectivity index (χ1v) is 11.2. The predicted molar refractivity (Wildman–Crippen MR) is 137 cm³/mol. The minimum atomic E-state index is -0.576. The van der Waals surface area contributed by atoms with Crippen LogP contribution in [0.4, 0.5) is 0 Å². The van der Waals surface area contributed by atoms with Gasteiger partial charge < -0.3 is 24.3 Å². The Morgan fingerprint density at radius 1 is 0.865 bits per heavy atom. The van der Waals surface area contributed by atoms with Crippen molar-refractivity contribution in [3.63, 3.8) is 0 Å². The van der Waals surface area contributed by atoms with Gasteiger partial charge in [0.25, 0.3) is 11.8 Å². The van der Waals surface area contributed by atoms with Crippen molar-refractivity contribution in [1.29, 1.82) is 0 Å². The Kier molecular flexibility index (Phi) is 9.45. The maximum Gasteiger partial charge on any atom is 0.343 e. The molecule has 3 aromatic carbocycles. The van der Waals surface area contributed by atoms with Crippen LogP contribution in [-0.4, -0.2) is 51.9 Å². The Bertz CT molecular complexity index is 1280. The van der Waals surface area contributed by atoms with Crippen LogP contribution in [0.15, 0.2) is 65.8 Å². The molecule has 0 aliphatic heterocycles. The van der Waals surface area contributed by atoms with Gasteiger partial charge in [-0.1, -0.05) is 23.7 Å². The number of nitrogens with one attached hydrogen (secondary N) is 2. The number of esters is 1. The third-order valence-electron chi connectivity index (χ3n) is 4.93. The molecule has 3 aromatic rings. The van der Waals surface area contributed by atoms with Gasteiger partial charge in [0.15, 0.2) is 11.5 Å². The van der Waals surface area contributed by atoms with Crippen LogP contribution < -0.4 is 29.7 Å². The molecule has 0 aromatic heterocycles. The first kappa shape index (κ1) is 27.0. The van der Waals surface area contributed by atoms with Gasteiger partial charge in [-0.05, 0) is 48.5 Å². The number of benzene rings is 3. The molecule has 10 nitrogen and oxygen atoms in total. The number of ether oxygens (including phenoxy) is 4. The number of carbonyl (C=O) groups is 3. The number of hydrogen-bond acceptors (Lipinski definition) is 8. The lowest BCUT2D eigenvalue weighted by molar-refractivity contribution is -0.120. The molecule has 0 aliphatic carbocycles. The molecule has 192 valence electrons. The van der Waals surface area contributed by atoms with Gasteiger partial charge in [0.1, 0.15) is 5.75 Å². The monoisotopic (exact) mass is 525 g/mol. The fraction of sp³-hybridized carbons (Fsp3) is 0.154. The van der Waals surface area contributed by atoms with Crippen LogP contribution >= 0.6 is 11.6 Å². The molecule has 0 radical (unpaired) electrons. The molecular weight excluding hydrogens is 502 g/mol. The van der Waals surface area contributed by atoms with Crippen molar-refractivity contribution in [2.75, 3.05) is 27.9 Å². The normalized spacial score (nSPS) is 10.5. The van der Waals surface area contributed by atoms with E-state index in [9.17, 15) is 14.4 Å². The number of nitrogens with zero attached hydrogens (tertiary/aromatic N) is 1. The van der Waals surface area contributed by atoms with E-state index in [-0.39, 0.29) is 17.9 Å². The quantitative estimate of drug-likeness (QED) is 0.180. The molecule has 0 saturated carbocycles. The summed E-state index contributed by atoms with van der Waals surface area (Å²) in [5.74, 6) is -0.488. The average Bonchev–Trinajstić information content (AvgIpc) is 2.92. The van der Waals surface area contributed by atoms with Gasteiger partial charge in [-0.3, -0.25) is 9.59 Å². The second-order valence-corrected chi connectivity index (χ2v) is 7.76. The topological polar surface area (TPSA) is 125 Å². The van der Waals surface area contributed by atoms with E-state index in [0.29, 0.717) is 33.4 Å². The summed E-state index contributed by atoms with van der Waals surface area (Å²) < 4.78 is 21.1. The van der Waals surface area contributed by atoms with E-state index in [1.165, 1.54) is 39.7 Å². The number of para-hydroxylation sites is 1. The van der Waals surface area contributed by atoms with Crippen LogP contribution in [0.3, 0.4) is 0 Å². The lowest BCUT2D eigenvalue weighted by Gasteiger charge is -2.14. The minimum Gasteiger partial charge on any atom is -0.493 e. The van der Waals surface area contributed by atoms with E-state index in [1.54, 1.807) is 48.5 Å². The summed E-state index contributed by atoms with van der Waals surface area (Å²) in [5.41, 5.74) is 3.30. The predicted octanol–water partition coefficient (Wildman–Crippen LogP) is 3.47. The fourth-order valence-electron chi connectivity index (χ4n) is 3.11. The van der Waals surface area contributed by atoms with Gasteiger partial charge in [0.05, 0.1) is 39.7 Å². The lowest BCUT2D eigenvalue weighted by Crippen LogP contribution is -2.35. The van der Waals surface area contributed by atoms with Crippen LogP contribution in [0.2, 0.25) is 5.02 Å². The summed E-state index contributed by atoms with van der Waals surface area (Å²) in [4.78, 5) is 37.1. The number of rotatable bonds is 10. The van der Waals surface area contributed by atoms with Crippen molar-refractivity contribution >= 4 is 35.6 Å². The number of hydrazone groups is 1. The van der Waals surface area contributed by atoms with E-state index in [0.717, 1.165) is 0 Å². The van der Waals surface area contributed by atoms with Crippen molar-refractivity contribution in [3.8, 4) is 23.0 Å². The minimum absolute atomic E-state index is 0.210. The molecule has 3 rings (SSSR count). The molecule has 2 N–H and O–H groups in total. The summed E-state index contributed by atoms with van der Waals surface area (Å²) in [6, 6.07) is 15.9. The molecule has 0 atom stereocenters. The molecule has 0 heterocycles. The summed E-state index contributed by atoms with van der Waals surface area (Å²) >= 11 is 5.85.